The van der Waals surface area contributed by atoms with Crippen molar-refractivity contribution in [3.8, 4) is 0 Å². The van der Waals surface area contributed by atoms with Crippen LogP contribution in [0, 0.1) is 0 Å². The van der Waals surface area contributed by atoms with Crippen LogP contribution in [0.2, 0.25) is 10.0 Å². The fraction of sp³-hybridized carbons (Fsp3) is 0.235. The zero-order chi connectivity index (χ0) is 17.9. The van der Waals surface area contributed by atoms with Crippen LogP contribution in [0.4, 0.5) is 0 Å². The third kappa shape index (κ3) is 4.09. The first-order valence-electron chi connectivity index (χ1n) is 7.34. The van der Waals surface area contributed by atoms with E-state index in [4.69, 9.17) is 23.2 Å². The number of benzene rings is 2. The van der Waals surface area contributed by atoms with E-state index in [-0.39, 0.29) is 22.3 Å². The molecule has 2 rings (SSSR count). The van der Waals surface area contributed by atoms with Gasteiger partial charge in [0.2, 0.25) is 0 Å². The minimum atomic E-state index is -3.49. The Bertz CT molecular complexity index is 866. The summed E-state index contributed by atoms with van der Waals surface area (Å²) in [5.41, 5.74) is 0.903. The first-order valence-corrected chi connectivity index (χ1v) is 9.74. The lowest BCUT2D eigenvalue weighted by atomic mass is 10.1. The second-order valence-electron chi connectivity index (χ2n) is 5.27. The van der Waals surface area contributed by atoms with Crippen molar-refractivity contribution in [2.24, 2.45) is 0 Å². The van der Waals surface area contributed by atoms with Crippen LogP contribution in [0.25, 0.3) is 0 Å². The number of amides is 1. The number of carbonyl (C=O) groups excluding carboxylic acids is 1. The molecule has 0 fully saturated rings. The van der Waals surface area contributed by atoms with E-state index in [0.717, 1.165) is 5.56 Å². The van der Waals surface area contributed by atoms with Crippen LogP contribution in [0.5, 0.6) is 0 Å². The lowest BCUT2D eigenvalue weighted by molar-refractivity contribution is 0.0936. The third-order valence-electron chi connectivity index (χ3n) is 3.64. The van der Waals surface area contributed by atoms with E-state index in [1.165, 1.54) is 12.1 Å². The molecule has 0 saturated heterocycles. The van der Waals surface area contributed by atoms with Crippen molar-refractivity contribution in [1.82, 2.24) is 5.32 Å². The summed E-state index contributed by atoms with van der Waals surface area (Å²) in [4.78, 5) is 12.6. The Morgan fingerprint density at radius 2 is 1.79 bits per heavy atom. The topological polar surface area (TPSA) is 63.2 Å². The van der Waals surface area contributed by atoms with Gasteiger partial charge in [0.15, 0.2) is 9.84 Å². The maximum atomic E-state index is 12.5. The van der Waals surface area contributed by atoms with E-state index in [1.807, 2.05) is 0 Å². The van der Waals surface area contributed by atoms with Crippen molar-refractivity contribution < 1.29 is 13.2 Å². The summed E-state index contributed by atoms with van der Waals surface area (Å²) >= 11 is 11.9. The summed E-state index contributed by atoms with van der Waals surface area (Å²) in [5.74, 6) is -0.527. The SMILES string of the molecule is CCS(=O)(=O)c1ccccc1C(=O)N[C@H](C)c1ccc(Cl)c(Cl)c1. The number of carbonyl (C=O) groups is 1. The average Bonchev–Trinajstić information content (AvgIpc) is 2.57. The van der Waals surface area contributed by atoms with Crippen molar-refractivity contribution in [2.75, 3.05) is 5.75 Å². The van der Waals surface area contributed by atoms with E-state index in [2.05, 4.69) is 5.32 Å². The maximum absolute atomic E-state index is 12.5. The highest BCUT2D eigenvalue weighted by molar-refractivity contribution is 7.91. The Hall–Kier alpha value is -1.56. The van der Waals surface area contributed by atoms with Gasteiger partial charge >= 0.3 is 0 Å². The number of hydrogen-bond acceptors (Lipinski definition) is 3. The Labute approximate surface area is 151 Å². The molecule has 7 heteroatoms. The second kappa shape index (κ2) is 7.55. The van der Waals surface area contributed by atoms with Crippen LogP contribution in [0.3, 0.4) is 0 Å². The van der Waals surface area contributed by atoms with Gasteiger partial charge < -0.3 is 5.32 Å². The van der Waals surface area contributed by atoms with Crippen molar-refractivity contribution in [3.05, 3.63) is 63.6 Å². The summed E-state index contributed by atoms with van der Waals surface area (Å²) in [7, 11) is -3.49. The number of hydrogen-bond donors (Lipinski definition) is 1. The van der Waals surface area contributed by atoms with Crippen LogP contribution < -0.4 is 5.32 Å². The number of halogens is 2. The molecule has 0 heterocycles. The highest BCUT2D eigenvalue weighted by Gasteiger charge is 2.21. The molecule has 0 unspecified atom stereocenters. The molecule has 128 valence electrons. The summed E-state index contributed by atoms with van der Waals surface area (Å²) in [6, 6.07) is 10.9. The molecule has 1 N–H and O–H groups in total. The molecule has 0 radical (unpaired) electrons. The van der Waals surface area contributed by atoms with Gasteiger partial charge in [0.1, 0.15) is 0 Å². The molecule has 0 spiro atoms. The molecular weight excluding hydrogens is 369 g/mol. The van der Waals surface area contributed by atoms with Gasteiger partial charge in [0.25, 0.3) is 5.91 Å². The molecule has 4 nitrogen and oxygen atoms in total. The molecule has 0 saturated carbocycles. The monoisotopic (exact) mass is 385 g/mol. The fourth-order valence-electron chi connectivity index (χ4n) is 2.22. The van der Waals surface area contributed by atoms with Gasteiger partial charge in [-0.15, -0.1) is 0 Å². The van der Waals surface area contributed by atoms with Crippen LogP contribution in [0.15, 0.2) is 47.4 Å². The fourth-order valence-corrected chi connectivity index (χ4v) is 3.62. The highest BCUT2D eigenvalue weighted by atomic mass is 35.5. The van der Waals surface area contributed by atoms with E-state index in [1.54, 1.807) is 44.2 Å². The molecule has 0 bridgehead atoms. The molecule has 2 aromatic rings. The van der Waals surface area contributed by atoms with E-state index < -0.39 is 15.7 Å². The predicted molar refractivity (Wildman–Crippen MR) is 96.5 cm³/mol. The summed E-state index contributed by atoms with van der Waals surface area (Å²) in [5, 5.41) is 3.61. The van der Waals surface area contributed by atoms with Crippen LogP contribution in [0.1, 0.15) is 35.8 Å². The molecule has 0 aromatic heterocycles. The zero-order valence-corrected chi connectivity index (χ0v) is 15.5. The normalized spacial score (nSPS) is 12.7. The largest absolute Gasteiger partial charge is 0.345 e. The first kappa shape index (κ1) is 18.8. The van der Waals surface area contributed by atoms with Gasteiger partial charge in [-0.05, 0) is 36.8 Å². The van der Waals surface area contributed by atoms with Gasteiger partial charge in [-0.25, -0.2) is 8.42 Å². The molecule has 2 aromatic carbocycles. The molecule has 0 aliphatic heterocycles. The van der Waals surface area contributed by atoms with Crippen molar-refractivity contribution >= 4 is 38.9 Å². The summed E-state index contributed by atoms with van der Waals surface area (Å²) in [6.45, 7) is 3.33. The molecule has 1 atom stereocenters. The zero-order valence-electron chi connectivity index (χ0n) is 13.2. The standard InChI is InChI=1S/C17H17Cl2NO3S/c1-3-24(22,23)16-7-5-4-6-13(16)17(21)20-11(2)12-8-9-14(18)15(19)10-12/h4-11H,3H2,1-2H3,(H,20,21)/t11-/m1/s1. The van der Waals surface area contributed by atoms with Gasteiger partial charge in [-0.3, -0.25) is 4.79 Å². The van der Waals surface area contributed by atoms with Crippen molar-refractivity contribution in [2.45, 2.75) is 24.8 Å². The minimum Gasteiger partial charge on any atom is -0.345 e. The Kier molecular flexibility index (Phi) is 5.91. The lowest BCUT2D eigenvalue weighted by Gasteiger charge is -2.16. The first-order chi connectivity index (χ1) is 11.3. The predicted octanol–water partition coefficient (Wildman–Crippen LogP) is 4.28. The number of sulfone groups is 1. The van der Waals surface area contributed by atoms with Gasteiger partial charge in [0.05, 0.1) is 32.3 Å². The van der Waals surface area contributed by atoms with Crippen molar-refractivity contribution in [1.29, 1.82) is 0 Å². The number of nitrogens with one attached hydrogen (secondary N) is 1. The third-order valence-corrected chi connectivity index (χ3v) is 6.16. The van der Waals surface area contributed by atoms with Gasteiger partial charge in [-0.2, -0.15) is 0 Å². The van der Waals surface area contributed by atoms with Gasteiger partial charge in [-0.1, -0.05) is 48.3 Å². The molecule has 0 aliphatic carbocycles. The Morgan fingerprint density at radius 1 is 1.12 bits per heavy atom. The van der Waals surface area contributed by atoms with Crippen LogP contribution in [-0.2, 0) is 9.84 Å². The quantitative estimate of drug-likeness (QED) is 0.835. The highest BCUT2D eigenvalue weighted by Crippen LogP contribution is 2.26. The maximum Gasteiger partial charge on any atom is 0.253 e. The summed E-state index contributed by atoms with van der Waals surface area (Å²) < 4.78 is 24.3. The molecule has 0 aliphatic rings. The average molecular weight is 386 g/mol. The molecule has 1 amide bonds. The van der Waals surface area contributed by atoms with Crippen LogP contribution in [-0.4, -0.2) is 20.1 Å². The van der Waals surface area contributed by atoms with E-state index in [9.17, 15) is 13.2 Å². The number of rotatable bonds is 5. The van der Waals surface area contributed by atoms with E-state index in [0.29, 0.717) is 10.0 Å². The summed E-state index contributed by atoms with van der Waals surface area (Å²) in [6.07, 6.45) is 0. The second-order valence-corrected chi connectivity index (χ2v) is 8.33. The van der Waals surface area contributed by atoms with Crippen LogP contribution >= 0.6 is 23.2 Å². The molecule has 24 heavy (non-hydrogen) atoms. The minimum absolute atomic E-state index is 0.0336. The van der Waals surface area contributed by atoms with Gasteiger partial charge in [0, 0.05) is 0 Å². The lowest BCUT2D eigenvalue weighted by Crippen LogP contribution is -2.28. The molecular formula is C17H17Cl2NO3S. The smallest absolute Gasteiger partial charge is 0.253 e. The van der Waals surface area contributed by atoms with Crippen molar-refractivity contribution in [3.63, 3.8) is 0 Å². The Balaban J connectivity index is 2.29. The Morgan fingerprint density at radius 3 is 2.42 bits per heavy atom. The van der Waals surface area contributed by atoms with E-state index >= 15 is 0 Å².